The number of carbonyl (C=O) groups is 1. The number of aliphatic hydroxyl groups is 1. The monoisotopic (exact) mass is 341 g/mol. The van der Waals surface area contributed by atoms with Crippen molar-refractivity contribution in [1.29, 1.82) is 0 Å². The number of alkyl halides is 2. The predicted molar refractivity (Wildman–Crippen MR) is 64.6 cm³/mol. The molecule has 19 heavy (non-hydrogen) atoms. The van der Waals surface area contributed by atoms with Gasteiger partial charge in [0.2, 0.25) is 0 Å². The molecule has 106 valence electrons. The van der Waals surface area contributed by atoms with Gasteiger partial charge in [-0.1, -0.05) is 0 Å². The Labute approximate surface area is 115 Å². The summed E-state index contributed by atoms with van der Waals surface area (Å²) in [6.07, 6.45) is 0. The number of hydrogen-bond acceptors (Lipinski definition) is 3. The van der Waals surface area contributed by atoms with E-state index in [2.05, 4.69) is 15.9 Å². The van der Waals surface area contributed by atoms with Crippen LogP contribution in [-0.4, -0.2) is 36.7 Å². The quantitative estimate of drug-likeness (QED) is 0.828. The van der Waals surface area contributed by atoms with Gasteiger partial charge in [0.05, 0.1) is 11.0 Å². The number of halogens is 4. The highest BCUT2D eigenvalue weighted by atomic mass is 79.9. The smallest absolute Gasteiger partial charge is 0.287 e. The van der Waals surface area contributed by atoms with E-state index in [-0.39, 0.29) is 5.75 Å². The molecule has 0 aliphatic heterocycles. The van der Waals surface area contributed by atoms with Crippen molar-refractivity contribution in [3.8, 4) is 5.75 Å². The molecule has 0 saturated heterocycles. The van der Waals surface area contributed by atoms with Crippen LogP contribution in [0.4, 0.5) is 13.2 Å². The molecule has 1 amide bonds. The van der Waals surface area contributed by atoms with E-state index in [9.17, 15) is 18.0 Å². The minimum Gasteiger partial charge on any atom is -0.483 e. The summed E-state index contributed by atoms with van der Waals surface area (Å²) in [5.41, 5.74) is 0. The van der Waals surface area contributed by atoms with Crippen LogP contribution in [0.1, 0.15) is 0 Å². The number of nitrogens with one attached hydrogen (secondary N) is 1. The van der Waals surface area contributed by atoms with E-state index in [4.69, 9.17) is 9.84 Å². The van der Waals surface area contributed by atoms with Crippen molar-refractivity contribution < 1.29 is 27.8 Å². The normalized spacial score (nSPS) is 11.2. The molecule has 0 atom stereocenters. The summed E-state index contributed by atoms with van der Waals surface area (Å²) >= 11 is 3.03. The third-order valence-electron chi connectivity index (χ3n) is 2.03. The third-order valence-corrected chi connectivity index (χ3v) is 2.65. The fourth-order valence-corrected chi connectivity index (χ4v) is 1.54. The summed E-state index contributed by atoms with van der Waals surface area (Å²) in [5, 5.41) is 10.2. The maximum absolute atomic E-state index is 12.8. The summed E-state index contributed by atoms with van der Waals surface area (Å²) in [4.78, 5) is 11.2. The fraction of sp³-hybridized carbons (Fsp3) is 0.364. The van der Waals surface area contributed by atoms with Crippen LogP contribution in [0.2, 0.25) is 0 Å². The number of hydrogen-bond donors (Lipinski definition) is 2. The largest absolute Gasteiger partial charge is 0.483 e. The molecular formula is C11H11BrF3NO3. The lowest BCUT2D eigenvalue weighted by Gasteiger charge is -2.14. The first-order valence-corrected chi connectivity index (χ1v) is 5.96. The molecule has 8 heteroatoms. The lowest BCUT2D eigenvalue weighted by Crippen LogP contribution is -2.40. The molecule has 0 heterocycles. The molecule has 0 aliphatic carbocycles. The molecule has 0 saturated carbocycles. The standard InChI is InChI=1S/C11H11BrF3NO3/c12-8-3-7(13)1-2-9(8)19-4-10(18)16-5-11(14,15)6-17/h1-3,17H,4-6H2,(H,16,18). The SMILES string of the molecule is O=C(COc1ccc(F)cc1Br)NCC(F)(F)CO. The van der Waals surface area contributed by atoms with Crippen LogP contribution in [0.5, 0.6) is 5.75 Å². The van der Waals surface area contributed by atoms with Gasteiger partial charge in [0.25, 0.3) is 11.8 Å². The number of benzene rings is 1. The first kappa shape index (κ1) is 15.8. The van der Waals surface area contributed by atoms with Crippen molar-refractivity contribution in [3.05, 3.63) is 28.5 Å². The van der Waals surface area contributed by atoms with Crippen molar-refractivity contribution in [2.24, 2.45) is 0 Å². The summed E-state index contributed by atoms with van der Waals surface area (Å²) in [6.45, 7) is -2.82. The van der Waals surface area contributed by atoms with Crippen LogP contribution in [0.3, 0.4) is 0 Å². The summed E-state index contributed by atoms with van der Waals surface area (Å²) < 4.78 is 43.4. The predicted octanol–water partition coefficient (Wildman–Crippen LogP) is 1.71. The van der Waals surface area contributed by atoms with Gasteiger partial charge in [0.1, 0.15) is 18.2 Å². The number of carbonyl (C=O) groups excluding carboxylic acids is 1. The van der Waals surface area contributed by atoms with Gasteiger partial charge in [-0.3, -0.25) is 4.79 Å². The van der Waals surface area contributed by atoms with Gasteiger partial charge in [-0.25, -0.2) is 13.2 Å². The molecule has 4 nitrogen and oxygen atoms in total. The summed E-state index contributed by atoms with van der Waals surface area (Å²) in [5.74, 6) is -4.41. The van der Waals surface area contributed by atoms with Crippen LogP contribution >= 0.6 is 15.9 Å². The number of ether oxygens (including phenoxy) is 1. The average Bonchev–Trinajstić information content (AvgIpc) is 2.35. The Balaban J connectivity index is 2.42. The maximum Gasteiger partial charge on any atom is 0.287 e. The lowest BCUT2D eigenvalue weighted by atomic mass is 10.3. The van der Waals surface area contributed by atoms with Gasteiger partial charge in [0, 0.05) is 0 Å². The van der Waals surface area contributed by atoms with Gasteiger partial charge in [-0.05, 0) is 34.1 Å². The molecule has 0 spiro atoms. The molecule has 0 bridgehead atoms. The topological polar surface area (TPSA) is 58.6 Å². The van der Waals surface area contributed by atoms with E-state index in [0.29, 0.717) is 4.47 Å². The highest BCUT2D eigenvalue weighted by Gasteiger charge is 2.28. The molecule has 0 aromatic heterocycles. The van der Waals surface area contributed by atoms with Gasteiger partial charge in [0.15, 0.2) is 6.61 Å². The highest BCUT2D eigenvalue weighted by molar-refractivity contribution is 9.10. The number of amides is 1. The van der Waals surface area contributed by atoms with Crippen molar-refractivity contribution in [1.82, 2.24) is 5.32 Å². The molecule has 1 aromatic rings. The Hall–Kier alpha value is -1.28. The van der Waals surface area contributed by atoms with Crippen LogP contribution in [-0.2, 0) is 4.79 Å². The van der Waals surface area contributed by atoms with E-state index in [1.54, 1.807) is 0 Å². The first-order chi connectivity index (χ1) is 8.84. The molecule has 0 fully saturated rings. The second kappa shape index (κ2) is 6.76. The van der Waals surface area contributed by atoms with Gasteiger partial charge in [-0.15, -0.1) is 0 Å². The Morgan fingerprint density at radius 2 is 2.16 bits per heavy atom. The van der Waals surface area contributed by atoms with Crippen LogP contribution in [0.25, 0.3) is 0 Å². The Bertz CT molecular complexity index is 457. The molecule has 0 unspecified atom stereocenters. The van der Waals surface area contributed by atoms with E-state index in [1.807, 2.05) is 5.32 Å². The fourth-order valence-electron chi connectivity index (χ4n) is 1.07. The van der Waals surface area contributed by atoms with E-state index in [0.717, 1.165) is 12.1 Å². The second-order valence-corrected chi connectivity index (χ2v) is 4.51. The van der Waals surface area contributed by atoms with E-state index < -0.39 is 37.4 Å². The van der Waals surface area contributed by atoms with Crippen LogP contribution in [0, 0.1) is 5.82 Å². The minimum absolute atomic E-state index is 0.213. The van der Waals surface area contributed by atoms with Crippen molar-refractivity contribution in [2.75, 3.05) is 19.8 Å². The second-order valence-electron chi connectivity index (χ2n) is 3.65. The summed E-state index contributed by atoms with van der Waals surface area (Å²) in [6, 6.07) is 3.58. The van der Waals surface area contributed by atoms with Crippen molar-refractivity contribution in [3.63, 3.8) is 0 Å². The Morgan fingerprint density at radius 1 is 1.47 bits per heavy atom. The zero-order chi connectivity index (χ0) is 14.5. The number of rotatable bonds is 6. The first-order valence-electron chi connectivity index (χ1n) is 5.17. The van der Waals surface area contributed by atoms with Crippen LogP contribution in [0.15, 0.2) is 22.7 Å². The van der Waals surface area contributed by atoms with Gasteiger partial charge < -0.3 is 15.2 Å². The zero-order valence-corrected chi connectivity index (χ0v) is 11.2. The molecule has 1 aromatic carbocycles. The number of aliphatic hydroxyl groups excluding tert-OH is 1. The molecule has 0 radical (unpaired) electrons. The van der Waals surface area contributed by atoms with Gasteiger partial charge >= 0.3 is 0 Å². The van der Waals surface area contributed by atoms with Crippen LogP contribution < -0.4 is 10.1 Å². The summed E-state index contributed by atoms with van der Waals surface area (Å²) in [7, 11) is 0. The average molecular weight is 342 g/mol. The van der Waals surface area contributed by atoms with Crippen molar-refractivity contribution in [2.45, 2.75) is 5.92 Å². The molecule has 0 aliphatic rings. The molecule has 1 rings (SSSR count). The Kier molecular flexibility index (Phi) is 5.61. The highest BCUT2D eigenvalue weighted by Crippen LogP contribution is 2.25. The van der Waals surface area contributed by atoms with E-state index >= 15 is 0 Å². The maximum atomic E-state index is 12.8. The van der Waals surface area contributed by atoms with Crippen molar-refractivity contribution >= 4 is 21.8 Å². The zero-order valence-electron chi connectivity index (χ0n) is 9.63. The minimum atomic E-state index is -3.37. The Morgan fingerprint density at radius 3 is 2.74 bits per heavy atom. The third kappa shape index (κ3) is 5.48. The van der Waals surface area contributed by atoms with Gasteiger partial charge in [-0.2, -0.15) is 0 Å². The molecular weight excluding hydrogens is 331 g/mol. The lowest BCUT2D eigenvalue weighted by molar-refractivity contribution is -0.126. The van der Waals surface area contributed by atoms with E-state index in [1.165, 1.54) is 6.07 Å². The molecule has 2 N–H and O–H groups in total.